The van der Waals surface area contributed by atoms with Crippen LogP contribution in [-0.2, 0) is 6.42 Å². The van der Waals surface area contributed by atoms with Crippen LogP contribution in [0.2, 0.25) is 5.02 Å². The van der Waals surface area contributed by atoms with Gasteiger partial charge in [0.05, 0.1) is 17.6 Å². The number of allylic oxidation sites excluding steroid dienone is 2. The standard InChI is InChI=1S/C28H29ClN8O/c1-3-4-19-13-24(31-15-19)33-25-14-26(36-9-7-21(8-10-36)37-17-30-16-32-37)35-28(34-25)38-23-6-5-20-11-18(2)12-22(20)27(23)29/h3-6,12-14,16-17,21H,7-11,15H2,1-2H3,(H,31,33,34,35)/b4-3+. The lowest BCUT2D eigenvalue weighted by Crippen LogP contribution is -2.35. The summed E-state index contributed by atoms with van der Waals surface area (Å²) < 4.78 is 8.15. The molecule has 0 atom stereocenters. The Morgan fingerprint density at radius 3 is 2.82 bits per heavy atom. The second-order valence-corrected chi connectivity index (χ2v) is 10.1. The number of benzene rings is 1. The zero-order valence-corrected chi connectivity index (χ0v) is 22.2. The van der Waals surface area contributed by atoms with E-state index >= 15 is 0 Å². The molecule has 0 radical (unpaired) electrons. The van der Waals surface area contributed by atoms with E-state index in [0.29, 0.717) is 29.2 Å². The van der Waals surface area contributed by atoms with Gasteiger partial charge in [-0.1, -0.05) is 41.5 Å². The molecule has 38 heavy (non-hydrogen) atoms. The molecule has 9 nitrogen and oxygen atoms in total. The quantitative estimate of drug-likeness (QED) is 0.442. The third-order valence-corrected chi connectivity index (χ3v) is 7.37. The van der Waals surface area contributed by atoms with Gasteiger partial charge in [-0.15, -0.1) is 0 Å². The molecule has 0 unspecified atom stereocenters. The van der Waals surface area contributed by atoms with Crippen LogP contribution in [0.3, 0.4) is 0 Å². The van der Waals surface area contributed by atoms with Gasteiger partial charge in [-0.25, -0.2) is 9.67 Å². The molecule has 2 aromatic heterocycles. The van der Waals surface area contributed by atoms with E-state index in [9.17, 15) is 0 Å². The van der Waals surface area contributed by atoms with Gasteiger partial charge in [-0.3, -0.25) is 4.99 Å². The zero-order chi connectivity index (χ0) is 26.1. The molecule has 2 aliphatic heterocycles. The number of nitrogens with zero attached hydrogens (tertiary/aromatic N) is 7. The molecule has 1 saturated heterocycles. The number of fused-ring (bicyclic) bond motifs is 1. The maximum absolute atomic E-state index is 6.75. The van der Waals surface area contributed by atoms with Crippen molar-refractivity contribution in [2.75, 3.05) is 29.9 Å². The summed E-state index contributed by atoms with van der Waals surface area (Å²) in [5.74, 6) is 2.71. The molecule has 0 bridgehead atoms. The van der Waals surface area contributed by atoms with Gasteiger partial charge in [0.25, 0.3) is 0 Å². The van der Waals surface area contributed by atoms with Gasteiger partial charge in [0.1, 0.15) is 35.9 Å². The average molecular weight is 529 g/mol. The van der Waals surface area contributed by atoms with Crippen molar-refractivity contribution >= 4 is 35.1 Å². The van der Waals surface area contributed by atoms with Crippen molar-refractivity contribution in [3.63, 3.8) is 0 Å². The average Bonchev–Trinajstić information content (AvgIpc) is 3.68. The largest absolute Gasteiger partial charge is 0.423 e. The van der Waals surface area contributed by atoms with Crippen molar-refractivity contribution in [1.29, 1.82) is 0 Å². The van der Waals surface area contributed by atoms with Crippen molar-refractivity contribution in [3.8, 4) is 11.8 Å². The summed E-state index contributed by atoms with van der Waals surface area (Å²) in [6.07, 6.45) is 14.4. The van der Waals surface area contributed by atoms with Gasteiger partial charge in [0.2, 0.25) is 0 Å². The fraction of sp³-hybridized carbons (Fsp3) is 0.321. The maximum Gasteiger partial charge on any atom is 0.325 e. The van der Waals surface area contributed by atoms with Gasteiger partial charge in [0.15, 0.2) is 0 Å². The van der Waals surface area contributed by atoms with Crippen LogP contribution in [0, 0.1) is 0 Å². The highest BCUT2D eigenvalue weighted by atomic mass is 35.5. The normalized spacial score (nSPS) is 17.4. The monoisotopic (exact) mass is 528 g/mol. The smallest absolute Gasteiger partial charge is 0.325 e. The lowest BCUT2D eigenvalue weighted by atomic mass is 10.1. The molecule has 1 N–H and O–H groups in total. The summed E-state index contributed by atoms with van der Waals surface area (Å²) in [6, 6.07) is 6.47. The zero-order valence-electron chi connectivity index (χ0n) is 21.4. The van der Waals surface area contributed by atoms with E-state index in [2.05, 4.69) is 55.4 Å². The summed E-state index contributed by atoms with van der Waals surface area (Å²) in [4.78, 5) is 20.4. The number of aliphatic imine (C=N–C) groups is 1. The van der Waals surface area contributed by atoms with Crippen LogP contribution >= 0.6 is 11.6 Å². The molecule has 194 valence electrons. The molecule has 1 fully saturated rings. The molecule has 10 heteroatoms. The Morgan fingerprint density at radius 2 is 2.03 bits per heavy atom. The van der Waals surface area contributed by atoms with Crippen LogP contribution in [0.5, 0.6) is 11.8 Å². The molecular formula is C28H29ClN8O. The summed E-state index contributed by atoms with van der Waals surface area (Å²) in [6.45, 7) is 6.41. The van der Waals surface area contributed by atoms with Gasteiger partial charge in [0, 0.05) is 24.7 Å². The topological polar surface area (TPSA) is 93.4 Å². The van der Waals surface area contributed by atoms with Crippen LogP contribution < -0.4 is 15.0 Å². The van der Waals surface area contributed by atoms with E-state index in [1.807, 2.05) is 35.9 Å². The highest BCUT2D eigenvalue weighted by molar-refractivity contribution is 6.33. The van der Waals surface area contributed by atoms with Crippen molar-refractivity contribution in [2.45, 2.75) is 39.2 Å². The SMILES string of the molecule is C/C=C/C1=CC(Nc2cc(N3CCC(n4cncn4)CC3)nc(Oc3ccc4c(c3Cl)C=C(C)C4)n2)=NC1. The fourth-order valence-corrected chi connectivity index (χ4v) is 5.39. The number of anilines is 2. The van der Waals surface area contributed by atoms with Crippen LogP contribution in [0.1, 0.15) is 43.9 Å². The predicted octanol–water partition coefficient (Wildman–Crippen LogP) is 5.64. The van der Waals surface area contributed by atoms with Crippen LogP contribution in [0.4, 0.5) is 11.6 Å². The number of nitrogens with one attached hydrogen (secondary N) is 1. The van der Waals surface area contributed by atoms with Gasteiger partial charge in [-0.05, 0) is 56.4 Å². The molecule has 0 amide bonds. The molecule has 1 aliphatic carbocycles. The molecule has 0 saturated carbocycles. The van der Waals surface area contributed by atoms with Crippen molar-refractivity contribution < 1.29 is 4.74 Å². The van der Waals surface area contributed by atoms with Crippen LogP contribution in [-0.4, -0.2) is 50.2 Å². The Hall–Kier alpha value is -3.98. The molecular weight excluding hydrogens is 500 g/mol. The Balaban J connectivity index is 1.28. The predicted molar refractivity (Wildman–Crippen MR) is 150 cm³/mol. The first kappa shape index (κ1) is 24.4. The molecule has 0 spiro atoms. The van der Waals surface area contributed by atoms with E-state index in [-0.39, 0.29) is 6.01 Å². The number of halogens is 1. The van der Waals surface area contributed by atoms with E-state index in [1.54, 1.807) is 12.7 Å². The van der Waals surface area contributed by atoms with Crippen molar-refractivity contribution in [3.05, 3.63) is 76.4 Å². The maximum atomic E-state index is 6.75. The molecule has 3 aliphatic rings. The number of amidine groups is 1. The van der Waals surface area contributed by atoms with E-state index in [0.717, 1.165) is 55.1 Å². The van der Waals surface area contributed by atoms with Crippen molar-refractivity contribution in [1.82, 2.24) is 24.7 Å². The van der Waals surface area contributed by atoms with Gasteiger partial charge >= 0.3 is 6.01 Å². The number of ether oxygens (including phenoxy) is 1. The number of hydrogen-bond donors (Lipinski definition) is 1. The summed E-state index contributed by atoms with van der Waals surface area (Å²) in [5.41, 5.74) is 4.63. The third-order valence-electron chi connectivity index (χ3n) is 6.98. The van der Waals surface area contributed by atoms with E-state index in [1.165, 1.54) is 11.1 Å². The highest BCUT2D eigenvalue weighted by Gasteiger charge is 2.24. The number of hydrogen-bond acceptors (Lipinski definition) is 8. The number of rotatable bonds is 6. The lowest BCUT2D eigenvalue weighted by Gasteiger charge is -2.32. The summed E-state index contributed by atoms with van der Waals surface area (Å²) >= 11 is 6.75. The van der Waals surface area contributed by atoms with Crippen LogP contribution in [0.15, 0.2) is 65.2 Å². The first-order valence-corrected chi connectivity index (χ1v) is 13.2. The Bertz CT molecular complexity index is 1470. The molecule has 3 aromatic rings. The molecule has 6 rings (SSSR count). The number of aromatic nitrogens is 5. The highest BCUT2D eigenvalue weighted by Crippen LogP contribution is 2.39. The second-order valence-electron chi connectivity index (χ2n) is 9.75. The lowest BCUT2D eigenvalue weighted by molar-refractivity contribution is 0.364. The van der Waals surface area contributed by atoms with E-state index in [4.69, 9.17) is 21.3 Å². The minimum atomic E-state index is 0.236. The third kappa shape index (κ3) is 5.06. The number of piperidine rings is 1. The Morgan fingerprint density at radius 1 is 1.16 bits per heavy atom. The minimum Gasteiger partial charge on any atom is -0.423 e. The minimum absolute atomic E-state index is 0.236. The first-order valence-electron chi connectivity index (χ1n) is 12.8. The van der Waals surface area contributed by atoms with E-state index < -0.39 is 0 Å². The van der Waals surface area contributed by atoms with Crippen LogP contribution in [0.25, 0.3) is 6.08 Å². The molecule has 1 aromatic carbocycles. The first-order chi connectivity index (χ1) is 18.6. The Labute approximate surface area is 226 Å². The summed E-state index contributed by atoms with van der Waals surface area (Å²) in [7, 11) is 0. The summed E-state index contributed by atoms with van der Waals surface area (Å²) in [5, 5.41) is 8.24. The van der Waals surface area contributed by atoms with Gasteiger partial charge < -0.3 is 15.0 Å². The molecule has 4 heterocycles. The van der Waals surface area contributed by atoms with Gasteiger partial charge in [-0.2, -0.15) is 15.1 Å². The van der Waals surface area contributed by atoms with Crippen molar-refractivity contribution in [2.24, 2.45) is 4.99 Å². The second kappa shape index (κ2) is 10.4. The fourth-order valence-electron chi connectivity index (χ4n) is 5.11. The Kier molecular flexibility index (Phi) is 6.68.